The average Bonchev–Trinajstić information content (AvgIpc) is 3.15. The van der Waals surface area contributed by atoms with Gasteiger partial charge in [0.05, 0.1) is 31.2 Å². The Morgan fingerprint density at radius 3 is 2.40 bits per heavy atom. The number of hydrogen-bond acceptors (Lipinski definition) is 5. The van der Waals surface area contributed by atoms with Crippen LogP contribution >= 0.6 is 11.6 Å². The molecule has 1 aliphatic heterocycles. The number of carbonyl (C=O) groups is 1. The van der Waals surface area contributed by atoms with Crippen LogP contribution in [0.25, 0.3) is 11.0 Å². The van der Waals surface area contributed by atoms with E-state index in [0.717, 1.165) is 16.7 Å². The van der Waals surface area contributed by atoms with Crippen LogP contribution in [0.15, 0.2) is 69.9 Å². The van der Waals surface area contributed by atoms with Crippen LogP contribution in [0.2, 0.25) is 5.02 Å². The van der Waals surface area contributed by atoms with E-state index in [4.69, 9.17) is 25.5 Å². The van der Waals surface area contributed by atoms with Crippen molar-refractivity contribution in [3.8, 4) is 11.5 Å². The number of fused-ring (bicyclic) bond motifs is 2. The van der Waals surface area contributed by atoms with Gasteiger partial charge in [0.1, 0.15) is 5.58 Å². The van der Waals surface area contributed by atoms with Gasteiger partial charge < -0.3 is 18.8 Å². The van der Waals surface area contributed by atoms with E-state index >= 15 is 0 Å². The van der Waals surface area contributed by atoms with E-state index in [9.17, 15) is 9.59 Å². The maximum atomic E-state index is 13.6. The molecule has 0 N–H and O–H groups in total. The summed E-state index contributed by atoms with van der Waals surface area (Å²) in [5, 5.41) is 1.05. The third-order valence-electron chi connectivity index (χ3n) is 6.40. The Kier molecular flexibility index (Phi) is 5.99. The molecule has 0 saturated carbocycles. The van der Waals surface area contributed by atoms with E-state index < -0.39 is 6.04 Å². The molecular formula is C28H24ClNO5. The normalized spacial score (nSPS) is 14.9. The molecule has 178 valence electrons. The van der Waals surface area contributed by atoms with Crippen LogP contribution in [0, 0.1) is 6.92 Å². The number of rotatable bonds is 6. The molecule has 1 aliphatic rings. The predicted molar refractivity (Wildman–Crippen MR) is 135 cm³/mol. The van der Waals surface area contributed by atoms with Crippen molar-refractivity contribution in [1.82, 2.24) is 4.90 Å². The first kappa shape index (κ1) is 23.0. The van der Waals surface area contributed by atoms with Gasteiger partial charge in [0, 0.05) is 11.6 Å². The van der Waals surface area contributed by atoms with Crippen LogP contribution in [-0.4, -0.2) is 31.6 Å². The number of aryl methyl sites for hydroxylation is 1. The molecule has 0 radical (unpaired) electrons. The number of amides is 1. The molecule has 2 heterocycles. The number of halogens is 1. The van der Waals surface area contributed by atoms with Crippen LogP contribution in [-0.2, 0) is 6.42 Å². The summed E-state index contributed by atoms with van der Waals surface area (Å²) in [4.78, 5) is 28.9. The molecule has 0 bridgehead atoms. The molecule has 5 rings (SSSR count). The van der Waals surface area contributed by atoms with Crippen LogP contribution in [0.5, 0.6) is 11.5 Å². The lowest BCUT2D eigenvalue weighted by Crippen LogP contribution is -2.31. The number of hydrogen-bond donors (Lipinski definition) is 0. The Morgan fingerprint density at radius 1 is 0.943 bits per heavy atom. The molecule has 1 atom stereocenters. The Bertz CT molecular complexity index is 1490. The molecule has 0 spiro atoms. The van der Waals surface area contributed by atoms with Crippen molar-refractivity contribution >= 4 is 28.5 Å². The average molecular weight is 490 g/mol. The molecule has 7 heteroatoms. The van der Waals surface area contributed by atoms with Gasteiger partial charge in [-0.3, -0.25) is 9.59 Å². The third kappa shape index (κ3) is 4.04. The number of benzene rings is 3. The van der Waals surface area contributed by atoms with Gasteiger partial charge >= 0.3 is 0 Å². The standard InChI is InChI=1S/C28H24ClNO5/c1-16-4-10-21-20(14-16)26(31)24-25(18-6-8-19(29)9-7-18)30(28(32)27(24)35-21)13-12-17-5-11-22(33-2)23(15-17)34-3/h4-11,14-15,25H,12-13H2,1-3H3/t25-/m0/s1. The van der Waals surface area contributed by atoms with Gasteiger partial charge in [-0.25, -0.2) is 0 Å². The van der Waals surface area contributed by atoms with Crippen LogP contribution in [0.3, 0.4) is 0 Å². The fraction of sp³-hybridized carbons (Fsp3) is 0.214. The second kappa shape index (κ2) is 9.12. The molecule has 0 saturated heterocycles. The molecule has 1 aromatic heterocycles. The van der Waals surface area contributed by atoms with Crippen molar-refractivity contribution in [2.24, 2.45) is 0 Å². The maximum Gasteiger partial charge on any atom is 0.290 e. The first-order valence-corrected chi connectivity index (χ1v) is 11.6. The topological polar surface area (TPSA) is 69.0 Å². The highest BCUT2D eigenvalue weighted by Crippen LogP contribution is 2.39. The largest absolute Gasteiger partial charge is 0.493 e. The molecule has 3 aromatic carbocycles. The summed E-state index contributed by atoms with van der Waals surface area (Å²) in [6.07, 6.45) is 0.553. The highest BCUT2D eigenvalue weighted by Gasteiger charge is 2.42. The Morgan fingerprint density at radius 2 is 1.69 bits per heavy atom. The number of methoxy groups -OCH3 is 2. The summed E-state index contributed by atoms with van der Waals surface area (Å²) < 4.78 is 16.8. The zero-order chi connectivity index (χ0) is 24.7. The van der Waals surface area contributed by atoms with Gasteiger partial charge in [-0.2, -0.15) is 0 Å². The Balaban J connectivity index is 1.58. The van der Waals surface area contributed by atoms with E-state index in [0.29, 0.717) is 46.0 Å². The first-order chi connectivity index (χ1) is 16.9. The van der Waals surface area contributed by atoms with Gasteiger partial charge in [-0.05, 0) is 60.9 Å². The Hall–Kier alpha value is -3.77. The molecule has 0 unspecified atom stereocenters. The highest BCUT2D eigenvalue weighted by molar-refractivity contribution is 6.30. The SMILES string of the molecule is COc1ccc(CCN2C(=O)c3oc4ccc(C)cc4c(=O)c3[C@@H]2c2ccc(Cl)cc2)cc1OC. The minimum absolute atomic E-state index is 0.0959. The monoisotopic (exact) mass is 489 g/mol. The fourth-order valence-electron chi connectivity index (χ4n) is 4.64. The predicted octanol–water partition coefficient (Wildman–Crippen LogP) is 5.56. The van der Waals surface area contributed by atoms with Gasteiger partial charge in [0.2, 0.25) is 5.76 Å². The van der Waals surface area contributed by atoms with E-state index in [2.05, 4.69) is 0 Å². The fourth-order valence-corrected chi connectivity index (χ4v) is 4.77. The summed E-state index contributed by atoms with van der Waals surface area (Å²) in [6, 6.07) is 17.7. The van der Waals surface area contributed by atoms with Crippen molar-refractivity contribution in [1.29, 1.82) is 0 Å². The minimum Gasteiger partial charge on any atom is -0.493 e. The molecule has 0 fully saturated rings. The smallest absolute Gasteiger partial charge is 0.290 e. The van der Waals surface area contributed by atoms with Gasteiger partial charge in [0.15, 0.2) is 16.9 Å². The summed E-state index contributed by atoms with van der Waals surface area (Å²) in [5.74, 6) is 1.05. The van der Waals surface area contributed by atoms with Gasteiger partial charge in [0.25, 0.3) is 5.91 Å². The zero-order valence-electron chi connectivity index (χ0n) is 19.6. The molecule has 0 aliphatic carbocycles. The van der Waals surface area contributed by atoms with E-state index in [1.165, 1.54) is 0 Å². The summed E-state index contributed by atoms with van der Waals surface area (Å²) in [7, 11) is 3.17. The molecule has 6 nitrogen and oxygen atoms in total. The summed E-state index contributed by atoms with van der Waals surface area (Å²) >= 11 is 6.12. The number of nitrogens with zero attached hydrogens (tertiary/aromatic N) is 1. The van der Waals surface area contributed by atoms with Gasteiger partial charge in [-0.15, -0.1) is 0 Å². The third-order valence-corrected chi connectivity index (χ3v) is 6.65. The molecule has 1 amide bonds. The second-order valence-corrected chi connectivity index (χ2v) is 9.00. The minimum atomic E-state index is -0.573. The lowest BCUT2D eigenvalue weighted by Gasteiger charge is -2.25. The number of carbonyl (C=O) groups excluding carboxylic acids is 1. The van der Waals surface area contributed by atoms with E-state index in [1.54, 1.807) is 43.4 Å². The number of ether oxygens (including phenoxy) is 2. The lowest BCUT2D eigenvalue weighted by molar-refractivity contribution is 0.0730. The van der Waals surface area contributed by atoms with Crippen LogP contribution in [0.1, 0.15) is 38.9 Å². The van der Waals surface area contributed by atoms with E-state index in [1.807, 2.05) is 43.3 Å². The second-order valence-electron chi connectivity index (χ2n) is 8.57. The maximum absolute atomic E-state index is 13.6. The highest BCUT2D eigenvalue weighted by atomic mass is 35.5. The van der Waals surface area contributed by atoms with Crippen LogP contribution < -0.4 is 14.9 Å². The van der Waals surface area contributed by atoms with Gasteiger partial charge in [-0.1, -0.05) is 41.4 Å². The Labute approximate surface area is 207 Å². The zero-order valence-corrected chi connectivity index (χ0v) is 20.4. The molecule has 35 heavy (non-hydrogen) atoms. The summed E-state index contributed by atoms with van der Waals surface area (Å²) in [5.41, 5.74) is 3.30. The van der Waals surface area contributed by atoms with E-state index in [-0.39, 0.29) is 17.1 Å². The van der Waals surface area contributed by atoms with Crippen molar-refractivity contribution in [2.75, 3.05) is 20.8 Å². The first-order valence-electron chi connectivity index (χ1n) is 11.3. The quantitative estimate of drug-likeness (QED) is 0.354. The van der Waals surface area contributed by atoms with Crippen molar-refractivity contribution < 1.29 is 18.7 Å². The molecular weight excluding hydrogens is 466 g/mol. The van der Waals surface area contributed by atoms with Crippen molar-refractivity contribution in [3.05, 3.63) is 104 Å². The van der Waals surface area contributed by atoms with Crippen LogP contribution in [0.4, 0.5) is 0 Å². The summed E-state index contributed by atoms with van der Waals surface area (Å²) in [6.45, 7) is 2.30. The van der Waals surface area contributed by atoms with Crippen molar-refractivity contribution in [3.63, 3.8) is 0 Å². The van der Waals surface area contributed by atoms with Crippen molar-refractivity contribution in [2.45, 2.75) is 19.4 Å². The molecule has 4 aromatic rings. The lowest BCUT2D eigenvalue weighted by atomic mass is 9.98.